The Balaban J connectivity index is 1.52. The molecule has 2 aromatic heterocycles. The minimum Gasteiger partial charge on any atom is -0.457 e. The van der Waals surface area contributed by atoms with E-state index in [1.54, 1.807) is 35.7 Å². The normalized spacial score (nSPS) is 11.9. The molecular weight excluding hydrogens is 390 g/mol. The summed E-state index contributed by atoms with van der Waals surface area (Å²) in [6, 6.07) is 10.6. The van der Waals surface area contributed by atoms with Crippen LogP contribution >= 0.6 is 11.3 Å². The van der Waals surface area contributed by atoms with E-state index in [0.29, 0.717) is 15.8 Å². The Labute approximate surface area is 158 Å². The van der Waals surface area contributed by atoms with Crippen molar-refractivity contribution in [1.29, 1.82) is 0 Å². The average Bonchev–Trinajstić information content (AvgIpc) is 3.13. The standard InChI is InChI=1S/C17H15N3O5S2/c21-15(10-18-27(23,24)9-7-12-4-2-1-3-5-12)25-11-14-19-13-6-8-26-16(13)17(22)20-14/h1-9,18H,10-11H2,(H,19,20,22)/b9-7+. The van der Waals surface area contributed by atoms with E-state index in [1.807, 2.05) is 6.07 Å². The van der Waals surface area contributed by atoms with Crippen molar-refractivity contribution in [1.82, 2.24) is 14.7 Å². The Morgan fingerprint density at radius 3 is 2.81 bits per heavy atom. The fraction of sp³-hybridized carbons (Fsp3) is 0.118. The van der Waals surface area contributed by atoms with E-state index in [9.17, 15) is 18.0 Å². The smallest absolute Gasteiger partial charge is 0.321 e. The van der Waals surface area contributed by atoms with E-state index in [0.717, 1.165) is 5.41 Å². The van der Waals surface area contributed by atoms with Crippen LogP contribution in [0.1, 0.15) is 11.4 Å². The molecule has 2 N–H and O–H groups in total. The van der Waals surface area contributed by atoms with Gasteiger partial charge in [0.15, 0.2) is 0 Å². The summed E-state index contributed by atoms with van der Waals surface area (Å²) in [4.78, 5) is 30.3. The minimum absolute atomic E-state index is 0.186. The van der Waals surface area contributed by atoms with Crippen molar-refractivity contribution in [3.05, 3.63) is 68.9 Å². The molecule has 0 aliphatic carbocycles. The van der Waals surface area contributed by atoms with Gasteiger partial charge in [0, 0.05) is 5.41 Å². The molecule has 3 aromatic rings. The first-order chi connectivity index (χ1) is 12.9. The predicted octanol–water partition coefficient (Wildman–Crippen LogP) is 1.62. The van der Waals surface area contributed by atoms with Gasteiger partial charge in [-0.05, 0) is 23.1 Å². The molecule has 2 heterocycles. The van der Waals surface area contributed by atoms with Crippen molar-refractivity contribution in [2.45, 2.75) is 6.61 Å². The fourth-order valence-electron chi connectivity index (χ4n) is 2.13. The van der Waals surface area contributed by atoms with Gasteiger partial charge in [0.05, 0.1) is 5.52 Å². The number of benzene rings is 1. The number of hydrogen-bond acceptors (Lipinski definition) is 7. The van der Waals surface area contributed by atoms with Gasteiger partial charge < -0.3 is 9.72 Å². The summed E-state index contributed by atoms with van der Waals surface area (Å²) < 4.78 is 31.3. The molecule has 0 aliphatic heterocycles. The molecule has 0 bridgehead atoms. The molecule has 0 aliphatic rings. The first-order valence-electron chi connectivity index (χ1n) is 7.78. The molecule has 0 spiro atoms. The van der Waals surface area contributed by atoms with Crippen molar-refractivity contribution in [3.8, 4) is 0 Å². The van der Waals surface area contributed by atoms with Gasteiger partial charge in [-0.3, -0.25) is 9.59 Å². The quantitative estimate of drug-likeness (QED) is 0.577. The van der Waals surface area contributed by atoms with Gasteiger partial charge >= 0.3 is 5.97 Å². The predicted molar refractivity (Wildman–Crippen MR) is 102 cm³/mol. The number of carbonyl (C=O) groups is 1. The maximum absolute atomic E-state index is 11.9. The lowest BCUT2D eigenvalue weighted by atomic mass is 10.2. The van der Waals surface area contributed by atoms with Crippen LogP contribution in [0.5, 0.6) is 0 Å². The number of aromatic nitrogens is 2. The second-order valence-corrected chi connectivity index (χ2v) is 7.95. The molecule has 140 valence electrons. The average molecular weight is 405 g/mol. The number of fused-ring (bicyclic) bond motifs is 1. The van der Waals surface area contributed by atoms with Crippen LogP contribution in [0.15, 0.2) is 52.0 Å². The van der Waals surface area contributed by atoms with Crippen LogP contribution in [0.25, 0.3) is 16.3 Å². The molecule has 27 heavy (non-hydrogen) atoms. The Kier molecular flexibility index (Phi) is 5.79. The first-order valence-corrected chi connectivity index (χ1v) is 10.2. The Bertz CT molecular complexity index is 1130. The number of ether oxygens (including phenoxy) is 1. The van der Waals surface area contributed by atoms with Crippen LogP contribution in [-0.2, 0) is 26.2 Å². The van der Waals surface area contributed by atoms with Crippen LogP contribution < -0.4 is 10.3 Å². The largest absolute Gasteiger partial charge is 0.457 e. The number of nitrogens with zero attached hydrogens (tertiary/aromatic N) is 1. The Morgan fingerprint density at radius 1 is 1.26 bits per heavy atom. The molecule has 8 nitrogen and oxygen atoms in total. The SMILES string of the molecule is O=C(CNS(=O)(=O)/C=C/c1ccccc1)OCc1nc2ccsc2c(=O)[nH]1. The highest BCUT2D eigenvalue weighted by Gasteiger charge is 2.11. The summed E-state index contributed by atoms with van der Waals surface area (Å²) in [5.74, 6) is -0.606. The van der Waals surface area contributed by atoms with Gasteiger partial charge in [-0.25, -0.2) is 18.1 Å². The molecule has 1 aromatic carbocycles. The van der Waals surface area contributed by atoms with Gasteiger partial charge in [0.1, 0.15) is 23.7 Å². The molecular formula is C17H15N3O5S2. The van der Waals surface area contributed by atoms with E-state index >= 15 is 0 Å². The van der Waals surface area contributed by atoms with E-state index in [-0.39, 0.29) is 18.0 Å². The van der Waals surface area contributed by atoms with Gasteiger partial charge in [0.25, 0.3) is 5.56 Å². The lowest BCUT2D eigenvalue weighted by molar-refractivity contribution is -0.143. The number of rotatable bonds is 7. The molecule has 0 radical (unpaired) electrons. The third kappa shape index (κ3) is 5.33. The molecule has 0 atom stereocenters. The lowest BCUT2D eigenvalue weighted by Gasteiger charge is -2.05. The zero-order chi connectivity index (χ0) is 19.3. The number of thiophene rings is 1. The van der Waals surface area contributed by atoms with E-state index in [4.69, 9.17) is 4.74 Å². The van der Waals surface area contributed by atoms with E-state index < -0.39 is 22.5 Å². The lowest BCUT2D eigenvalue weighted by Crippen LogP contribution is -2.29. The maximum atomic E-state index is 11.9. The Morgan fingerprint density at radius 2 is 2.04 bits per heavy atom. The van der Waals surface area contributed by atoms with Crippen LogP contribution in [-0.4, -0.2) is 30.9 Å². The van der Waals surface area contributed by atoms with Crippen molar-refractivity contribution in [2.75, 3.05) is 6.54 Å². The van der Waals surface area contributed by atoms with Crippen LogP contribution in [0.4, 0.5) is 0 Å². The third-order valence-electron chi connectivity index (χ3n) is 3.39. The Hall–Kier alpha value is -2.82. The first kappa shape index (κ1) is 19.0. The highest BCUT2D eigenvalue weighted by molar-refractivity contribution is 7.92. The summed E-state index contributed by atoms with van der Waals surface area (Å²) in [5, 5.41) is 2.71. The zero-order valence-corrected chi connectivity index (χ0v) is 15.5. The molecule has 0 fully saturated rings. The maximum Gasteiger partial charge on any atom is 0.321 e. The molecule has 10 heteroatoms. The highest BCUT2D eigenvalue weighted by Crippen LogP contribution is 2.13. The molecule has 0 saturated carbocycles. The van der Waals surface area contributed by atoms with Gasteiger partial charge in [-0.2, -0.15) is 0 Å². The molecule has 0 saturated heterocycles. The second kappa shape index (κ2) is 8.25. The number of H-pyrrole nitrogens is 1. The van der Waals surface area contributed by atoms with Crippen molar-refractivity contribution < 1.29 is 17.9 Å². The van der Waals surface area contributed by atoms with Crippen molar-refractivity contribution >= 4 is 43.6 Å². The topological polar surface area (TPSA) is 118 Å². The number of esters is 1. The number of hydrogen-bond donors (Lipinski definition) is 2. The van der Waals surface area contributed by atoms with Crippen molar-refractivity contribution in [2.24, 2.45) is 0 Å². The summed E-state index contributed by atoms with van der Waals surface area (Å²) in [6.45, 7) is -0.798. The molecule has 3 rings (SSSR count). The number of carbonyl (C=O) groups excluding carboxylic acids is 1. The summed E-state index contributed by atoms with van der Waals surface area (Å²) in [7, 11) is -3.79. The fourth-order valence-corrected chi connectivity index (χ4v) is 3.61. The summed E-state index contributed by atoms with van der Waals surface area (Å²) >= 11 is 1.26. The molecule has 0 amide bonds. The van der Waals surface area contributed by atoms with E-state index in [2.05, 4.69) is 14.7 Å². The monoisotopic (exact) mass is 405 g/mol. The van der Waals surface area contributed by atoms with E-state index in [1.165, 1.54) is 17.4 Å². The van der Waals surface area contributed by atoms with Gasteiger partial charge in [0.2, 0.25) is 10.0 Å². The number of aromatic amines is 1. The summed E-state index contributed by atoms with van der Waals surface area (Å²) in [6.07, 6.45) is 1.42. The van der Waals surface area contributed by atoms with Crippen LogP contribution in [0.2, 0.25) is 0 Å². The van der Waals surface area contributed by atoms with Crippen LogP contribution in [0.3, 0.4) is 0 Å². The second-order valence-electron chi connectivity index (χ2n) is 5.39. The minimum atomic E-state index is -3.79. The van der Waals surface area contributed by atoms with Crippen molar-refractivity contribution in [3.63, 3.8) is 0 Å². The summed E-state index contributed by atoms with van der Waals surface area (Å²) in [5.41, 5.74) is 0.915. The third-order valence-corrected chi connectivity index (χ3v) is 5.33. The zero-order valence-electron chi connectivity index (χ0n) is 13.9. The molecule has 0 unspecified atom stereocenters. The number of nitrogens with one attached hydrogen (secondary N) is 2. The number of sulfonamides is 1. The highest BCUT2D eigenvalue weighted by atomic mass is 32.2. The van der Waals surface area contributed by atoms with Gasteiger partial charge in [-0.15, -0.1) is 11.3 Å². The van der Waals surface area contributed by atoms with Crippen LogP contribution in [0, 0.1) is 0 Å². The van der Waals surface area contributed by atoms with Gasteiger partial charge in [-0.1, -0.05) is 30.3 Å².